The number of ketones is 1. The van der Waals surface area contributed by atoms with Crippen LogP contribution in [0.25, 0.3) is 6.08 Å². The lowest BCUT2D eigenvalue weighted by atomic mass is 9.67. The van der Waals surface area contributed by atoms with E-state index in [1.807, 2.05) is 6.07 Å². The Morgan fingerprint density at radius 2 is 2.06 bits per heavy atom. The molecule has 200 valence electrons. The van der Waals surface area contributed by atoms with Gasteiger partial charge < -0.3 is 25.0 Å². The first-order valence-corrected chi connectivity index (χ1v) is 13.0. The highest BCUT2D eigenvalue weighted by atomic mass is 35.5. The van der Waals surface area contributed by atoms with E-state index in [1.165, 1.54) is 0 Å². The fraction of sp³-hybridized carbons (Fsp3) is 0.654. The number of epoxide rings is 1. The van der Waals surface area contributed by atoms with E-state index in [2.05, 4.69) is 10.3 Å². The molecule has 1 aromatic heterocycles. The molecule has 2 aliphatic rings. The van der Waals surface area contributed by atoms with Gasteiger partial charge in [-0.05, 0) is 24.6 Å². The third kappa shape index (κ3) is 6.65. The van der Waals surface area contributed by atoms with Crippen LogP contribution >= 0.6 is 23.2 Å². The highest BCUT2D eigenvalue weighted by Gasteiger charge is 2.57. The van der Waals surface area contributed by atoms with Gasteiger partial charge in [0.25, 0.3) is 0 Å². The van der Waals surface area contributed by atoms with Crippen LogP contribution in [0.15, 0.2) is 29.4 Å². The van der Waals surface area contributed by atoms with Gasteiger partial charge in [0.15, 0.2) is 5.06 Å². The van der Waals surface area contributed by atoms with Crippen molar-refractivity contribution in [2.45, 2.75) is 82.3 Å². The molecule has 2 fully saturated rings. The lowest BCUT2D eigenvalue weighted by Crippen LogP contribution is -2.53. The normalized spacial score (nSPS) is 36.6. The number of rotatable bonds is 3. The number of aromatic nitrogens is 1. The predicted molar refractivity (Wildman–Crippen MR) is 137 cm³/mol. The van der Waals surface area contributed by atoms with Crippen molar-refractivity contribution in [3.63, 3.8) is 0 Å². The van der Waals surface area contributed by atoms with Crippen molar-refractivity contribution >= 4 is 41.0 Å². The maximum Gasteiger partial charge on any atom is 0.223 e. The van der Waals surface area contributed by atoms with Crippen LogP contribution in [-0.4, -0.2) is 69.0 Å². The van der Waals surface area contributed by atoms with Crippen LogP contribution in [0.2, 0.25) is 0 Å². The summed E-state index contributed by atoms with van der Waals surface area (Å²) in [5.41, 5.74) is -2.31. The van der Waals surface area contributed by atoms with Gasteiger partial charge in [-0.3, -0.25) is 14.6 Å². The van der Waals surface area contributed by atoms with Gasteiger partial charge in [-0.15, -0.1) is 0 Å². The van der Waals surface area contributed by atoms with E-state index >= 15 is 0 Å². The molecular weight excluding hydrogens is 507 g/mol. The second-order valence-electron chi connectivity index (χ2n) is 10.4. The number of fused-ring (bicyclic) bond motifs is 1. The van der Waals surface area contributed by atoms with Gasteiger partial charge in [0, 0.05) is 30.0 Å². The molecule has 0 aromatic carbocycles. The predicted octanol–water partition coefficient (Wildman–Crippen LogP) is 3.41. The van der Waals surface area contributed by atoms with E-state index in [1.54, 1.807) is 52.1 Å². The van der Waals surface area contributed by atoms with Crippen molar-refractivity contribution in [1.29, 1.82) is 0 Å². The zero-order chi connectivity index (χ0) is 26.7. The number of aliphatic hydroxyl groups excluding tert-OH is 1. The molecule has 10 heteroatoms. The van der Waals surface area contributed by atoms with Crippen molar-refractivity contribution in [3.8, 4) is 0 Å². The van der Waals surface area contributed by atoms with Crippen LogP contribution in [0.4, 0.5) is 0 Å². The number of nitrogens with one attached hydrogen (secondary N) is 1. The molecule has 1 aromatic rings. The number of hydrogen-bond acceptors (Lipinski definition) is 7. The molecule has 0 aliphatic carbocycles. The molecule has 6 atom stereocenters. The Bertz CT molecular complexity index is 974. The topological polar surface area (TPSA) is 121 Å². The molecule has 2 aliphatic heterocycles. The summed E-state index contributed by atoms with van der Waals surface area (Å²) < 4.78 is 11.4. The first-order valence-electron chi connectivity index (χ1n) is 12.3. The summed E-state index contributed by atoms with van der Waals surface area (Å²) in [6, 6.07) is 4.73. The third-order valence-electron chi connectivity index (χ3n) is 7.48. The third-order valence-corrected chi connectivity index (χ3v) is 8.30. The van der Waals surface area contributed by atoms with E-state index < -0.39 is 40.2 Å². The molecule has 0 saturated carbocycles. The smallest absolute Gasteiger partial charge is 0.223 e. The van der Waals surface area contributed by atoms with Crippen molar-refractivity contribution in [3.05, 3.63) is 35.1 Å². The Labute approximate surface area is 222 Å². The van der Waals surface area contributed by atoms with E-state index in [0.717, 1.165) is 0 Å². The maximum atomic E-state index is 13.2. The number of carbonyl (C=O) groups is 2. The number of aliphatic hydroxyl groups is 2. The molecule has 0 bridgehead atoms. The zero-order valence-corrected chi connectivity index (χ0v) is 22.7. The molecule has 3 rings (SSSR count). The molecule has 8 nitrogen and oxygen atoms in total. The summed E-state index contributed by atoms with van der Waals surface area (Å²) in [5.74, 6) is -1.16. The number of amides is 1. The van der Waals surface area contributed by atoms with Crippen LogP contribution in [-0.2, 0) is 19.1 Å². The van der Waals surface area contributed by atoms with Crippen molar-refractivity contribution < 1.29 is 29.3 Å². The lowest BCUT2D eigenvalue weighted by molar-refractivity contribution is -0.152. The summed E-state index contributed by atoms with van der Waals surface area (Å²) >= 11 is 13.2. The fourth-order valence-electron chi connectivity index (χ4n) is 4.41. The highest BCUT2D eigenvalue weighted by Crippen LogP contribution is 2.45. The van der Waals surface area contributed by atoms with E-state index in [-0.39, 0.29) is 50.6 Å². The lowest BCUT2D eigenvalue weighted by Gasteiger charge is -2.41. The van der Waals surface area contributed by atoms with Gasteiger partial charge in [0.1, 0.15) is 11.9 Å². The Kier molecular flexibility index (Phi) is 9.23. The summed E-state index contributed by atoms with van der Waals surface area (Å²) in [6.07, 6.45) is 1.82. The number of Topliss-reactive ketones (excluding diaryl/α,β-unsaturated/α-hetero) is 1. The van der Waals surface area contributed by atoms with Crippen molar-refractivity contribution in [1.82, 2.24) is 10.3 Å². The zero-order valence-electron chi connectivity index (χ0n) is 21.2. The Hall–Kier alpha value is -1.55. The molecule has 2 saturated heterocycles. The molecular formula is C26H36Cl2N2O6. The molecule has 0 radical (unpaired) electrons. The maximum absolute atomic E-state index is 13.2. The van der Waals surface area contributed by atoms with Gasteiger partial charge in [-0.25, -0.2) is 0 Å². The molecule has 3 heterocycles. The molecule has 0 unspecified atom stereocenters. The summed E-state index contributed by atoms with van der Waals surface area (Å²) in [6.45, 7) is 6.96. The monoisotopic (exact) mass is 542 g/mol. The molecule has 1 amide bonds. The number of hydrogen-bond donors (Lipinski definition) is 3. The summed E-state index contributed by atoms with van der Waals surface area (Å²) in [5, 5.41) is 24.2. The molecule has 3 N–H and O–H groups in total. The number of pyridine rings is 1. The van der Waals surface area contributed by atoms with Gasteiger partial charge in [0.05, 0.1) is 48.5 Å². The van der Waals surface area contributed by atoms with Gasteiger partial charge in [-0.1, -0.05) is 57.0 Å². The Morgan fingerprint density at radius 3 is 2.69 bits per heavy atom. The standard InChI is InChI=1S/C26H36Cl2N2O6/c1-5-25(34)13-23(33)30-19(18(27)10-17-8-6-7-9-29-17)11-22-26(28,36-22)15-35-14-16(2)20(31)12-21(32)24(25,3)4/h6-10,16,19-20,22,31,34H,5,11-15H2,1-4H3,(H,30,33)/t16-,19-,20-,22-,25-,26+/m0/s1. The minimum Gasteiger partial charge on any atom is -0.392 e. The average molecular weight is 543 g/mol. The van der Waals surface area contributed by atoms with Crippen LogP contribution < -0.4 is 5.32 Å². The second-order valence-corrected chi connectivity index (χ2v) is 11.5. The first-order chi connectivity index (χ1) is 16.8. The van der Waals surface area contributed by atoms with E-state index in [0.29, 0.717) is 10.7 Å². The van der Waals surface area contributed by atoms with Crippen LogP contribution in [0, 0.1) is 11.3 Å². The summed E-state index contributed by atoms with van der Waals surface area (Å²) in [4.78, 5) is 30.6. The average Bonchev–Trinajstić information content (AvgIpc) is 3.46. The van der Waals surface area contributed by atoms with Crippen molar-refractivity contribution in [2.24, 2.45) is 11.3 Å². The largest absolute Gasteiger partial charge is 0.392 e. The number of carbonyl (C=O) groups excluding carboxylic acids is 2. The number of alkyl halides is 1. The highest BCUT2D eigenvalue weighted by molar-refractivity contribution is 6.32. The quantitative estimate of drug-likeness (QED) is 0.395. The van der Waals surface area contributed by atoms with E-state index in [4.69, 9.17) is 32.7 Å². The van der Waals surface area contributed by atoms with Crippen LogP contribution in [0.1, 0.15) is 59.1 Å². The van der Waals surface area contributed by atoms with Gasteiger partial charge in [0.2, 0.25) is 5.91 Å². The SMILES string of the molecule is CC[C@]1(O)CC(=O)N[C@H](C(Cl)=Cc2ccccn2)C[C@@H]2O[C@]2(Cl)COC[C@H](C)[C@@H](O)CC(=O)C1(C)C. The fourth-order valence-corrected chi connectivity index (χ4v) is 4.94. The van der Waals surface area contributed by atoms with E-state index in [9.17, 15) is 19.8 Å². The molecule has 36 heavy (non-hydrogen) atoms. The minimum atomic E-state index is -1.64. The second kappa shape index (κ2) is 11.5. The number of nitrogens with zero attached hydrogens (tertiary/aromatic N) is 1. The first kappa shape index (κ1) is 29.0. The minimum absolute atomic E-state index is 0.0769. The van der Waals surface area contributed by atoms with Crippen LogP contribution in [0.3, 0.4) is 0 Å². The summed E-state index contributed by atoms with van der Waals surface area (Å²) in [7, 11) is 0. The van der Waals surface area contributed by atoms with Gasteiger partial charge in [-0.2, -0.15) is 0 Å². The Morgan fingerprint density at radius 1 is 1.33 bits per heavy atom. The molecule has 0 spiro atoms. The van der Waals surface area contributed by atoms with Gasteiger partial charge >= 0.3 is 0 Å². The number of halogens is 2. The van der Waals surface area contributed by atoms with Crippen LogP contribution in [0.5, 0.6) is 0 Å². The van der Waals surface area contributed by atoms with Crippen molar-refractivity contribution in [2.75, 3.05) is 13.2 Å². The number of ether oxygens (including phenoxy) is 2. The Balaban J connectivity index is 1.90.